The average molecular weight is 193 g/mol. The molecule has 0 rings (SSSR count). The predicted molar refractivity (Wildman–Crippen MR) is 66.2 cm³/mol. The van der Waals surface area contributed by atoms with Crippen LogP contribution in [0.2, 0.25) is 0 Å². The van der Waals surface area contributed by atoms with Crippen molar-refractivity contribution in [3.63, 3.8) is 0 Å². The number of nitrogens with one attached hydrogen (secondary N) is 1. The van der Waals surface area contributed by atoms with Gasteiger partial charge < -0.3 is 5.32 Å². The standard InChI is InChI=1S/C10H19N.C3H4/c1-4-7-10(5-2)8-6-9-11-3;1-3-2/h4-5,7,11H,6,8-9H2,1-3H3;1H,2H3/b7-4-,10-5+;. The summed E-state index contributed by atoms with van der Waals surface area (Å²) in [5.74, 6) is 2.25. The molecule has 0 amide bonds. The third-order valence-corrected chi connectivity index (χ3v) is 1.64. The Labute approximate surface area is 89.3 Å². The van der Waals surface area contributed by atoms with E-state index in [9.17, 15) is 0 Å². The van der Waals surface area contributed by atoms with E-state index in [1.807, 2.05) is 7.05 Å². The largest absolute Gasteiger partial charge is 0.320 e. The van der Waals surface area contributed by atoms with Crippen molar-refractivity contribution < 1.29 is 0 Å². The zero-order valence-corrected chi connectivity index (χ0v) is 9.93. The van der Waals surface area contributed by atoms with Crippen LogP contribution < -0.4 is 5.32 Å². The molecule has 80 valence electrons. The first-order valence-electron chi connectivity index (χ1n) is 5.06. The van der Waals surface area contributed by atoms with E-state index in [4.69, 9.17) is 0 Å². The van der Waals surface area contributed by atoms with E-state index >= 15 is 0 Å². The molecule has 0 aliphatic carbocycles. The molecule has 0 fully saturated rings. The first-order chi connectivity index (χ1) is 6.76. The number of rotatable bonds is 5. The van der Waals surface area contributed by atoms with E-state index in [1.165, 1.54) is 18.4 Å². The maximum Gasteiger partial charge on any atom is -0.00297 e. The van der Waals surface area contributed by atoms with Gasteiger partial charge in [0.2, 0.25) is 0 Å². The average Bonchev–Trinajstić information content (AvgIpc) is 2.18. The normalized spacial score (nSPS) is 10.6. The van der Waals surface area contributed by atoms with Crippen LogP contribution in [0.1, 0.15) is 33.6 Å². The molecule has 0 aromatic rings. The lowest BCUT2D eigenvalue weighted by Crippen LogP contribution is -2.07. The van der Waals surface area contributed by atoms with Gasteiger partial charge in [-0.3, -0.25) is 0 Å². The summed E-state index contributed by atoms with van der Waals surface area (Å²) >= 11 is 0. The van der Waals surface area contributed by atoms with Crippen molar-refractivity contribution in [2.45, 2.75) is 33.6 Å². The van der Waals surface area contributed by atoms with Gasteiger partial charge in [-0.15, -0.1) is 12.3 Å². The summed E-state index contributed by atoms with van der Waals surface area (Å²) in [5, 5.41) is 3.14. The molecule has 0 aliphatic heterocycles. The Morgan fingerprint density at radius 3 is 2.36 bits per heavy atom. The molecule has 0 saturated carbocycles. The van der Waals surface area contributed by atoms with Gasteiger partial charge in [0.15, 0.2) is 0 Å². The molecule has 0 radical (unpaired) electrons. The Hall–Kier alpha value is -1.00. The first kappa shape index (κ1) is 15.5. The highest BCUT2D eigenvalue weighted by Crippen LogP contribution is 2.05. The second-order valence-corrected chi connectivity index (χ2v) is 2.86. The smallest absolute Gasteiger partial charge is 0.00297 e. The number of allylic oxidation sites excluding steroid dienone is 4. The van der Waals surface area contributed by atoms with Crippen LogP contribution in [0.15, 0.2) is 23.8 Å². The lowest BCUT2D eigenvalue weighted by atomic mass is 10.1. The second kappa shape index (κ2) is 14.5. The van der Waals surface area contributed by atoms with Crippen LogP contribution in [-0.4, -0.2) is 13.6 Å². The molecule has 14 heavy (non-hydrogen) atoms. The summed E-state index contributed by atoms with van der Waals surface area (Å²) in [6.45, 7) is 6.91. The van der Waals surface area contributed by atoms with Crippen molar-refractivity contribution >= 4 is 0 Å². The topological polar surface area (TPSA) is 12.0 Å². The molecular weight excluding hydrogens is 170 g/mol. The van der Waals surface area contributed by atoms with E-state index in [2.05, 4.69) is 49.7 Å². The molecule has 0 aromatic heterocycles. The first-order valence-corrected chi connectivity index (χ1v) is 5.06. The minimum atomic E-state index is 1.11. The van der Waals surface area contributed by atoms with Crippen molar-refractivity contribution in [2.24, 2.45) is 0 Å². The third kappa shape index (κ3) is 13.6. The summed E-state index contributed by atoms with van der Waals surface area (Å²) in [6, 6.07) is 0. The van der Waals surface area contributed by atoms with Crippen LogP contribution in [0.4, 0.5) is 0 Å². The molecule has 0 saturated heterocycles. The predicted octanol–water partition coefficient (Wildman–Crippen LogP) is 3.15. The van der Waals surface area contributed by atoms with Gasteiger partial charge in [0, 0.05) is 0 Å². The van der Waals surface area contributed by atoms with Crippen LogP contribution in [0.3, 0.4) is 0 Å². The van der Waals surface area contributed by atoms with Crippen molar-refractivity contribution in [1.29, 1.82) is 0 Å². The molecule has 1 heteroatoms. The summed E-state index contributed by atoms with van der Waals surface area (Å²) in [6.07, 6.45) is 13.4. The van der Waals surface area contributed by atoms with Gasteiger partial charge in [0.05, 0.1) is 0 Å². The van der Waals surface area contributed by atoms with E-state index in [0.29, 0.717) is 0 Å². The SMILES string of the molecule is C#CC.C/C=C\C(=C/C)CCCNC. The van der Waals surface area contributed by atoms with Crippen molar-refractivity contribution in [1.82, 2.24) is 5.32 Å². The summed E-state index contributed by atoms with van der Waals surface area (Å²) in [4.78, 5) is 0. The van der Waals surface area contributed by atoms with E-state index in [1.54, 1.807) is 6.92 Å². The minimum absolute atomic E-state index is 1.11. The van der Waals surface area contributed by atoms with Crippen LogP contribution in [0.5, 0.6) is 0 Å². The monoisotopic (exact) mass is 193 g/mol. The molecular formula is C13H23N. The Morgan fingerprint density at radius 2 is 2.00 bits per heavy atom. The maximum atomic E-state index is 4.60. The van der Waals surface area contributed by atoms with E-state index in [0.717, 1.165) is 6.54 Å². The fraction of sp³-hybridized carbons (Fsp3) is 0.538. The van der Waals surface area contributed by atoms with Crippen LogP contribution in [-0.2, 0) is 0 Å². The van der Waals surface area contributed by atoms with Gasteiger partial charge in [-0.2, -0.15) is 0 Å². The maximum absolute atomic E-state index is 4.60. The highest BCUT2D eigenvalue weighted by molar-refractivity contribution is 5.16. The Kier molecular flexibility index (Phi) is 16.0. The molecule has 0 bridgehead atoms. The highest BCUT2D eigenvalue weighted by atomic mass is 14.8. The summed E-state index contributed by atoms with van der Waals surface area (Å²) in [5.41, 5.74) is 1.43. The molecule has 1 N–H and O–H groups in total. The number of hydrogen-bond donors (Lipinski definition) is 1. The molecule has 0 unspecified atom stereocenters. The Morgan fingerprint density at radius 1 is 1.43 bits per heavy atom. The Bertz CT molecular complexity index is 194. The molecule has 1 nitrogen and oxygen atoms in total. The summed E-state index contributed by atoms with van der Waals surface area (Å²) in [7, 11) is 1.99. The fourth-order valence-corrected chi connectivity index (χ4v) is 1.01. The summed E-state index contributed by atoms with van der Waals surface area (Å²) < 4.78 is 0. The number of terminal acetylenes is 1. The van der Waals surface area contributed by atoms with Crippen molar-refractivity contribution in [3.05, 3.63) is 23.8 Å². The van der Waals surface area contributed by atoms with E-state index in [-0.39, 0.29) is 0 Å². The zero-order valence-electron chi connectivity index (χ0n) is 9.93. The van der Waals surface area contributed by atoms with E-state index < -0.39 is 0 Å². The lowest BCUT2D eigenvalue weighted by molar-refractivity contribution is 0.726. The van der Waals surface area contributed by atoms with Crippen LogP contribution >= 0.6 is 0 Å². The molecule has 0 aromatic carbocycles. The van der Waals surface area contributed by atoms with Gasteiger partial charge in [0.25, 0.3) is 0 Å². The minimum Gasteiger partial charge on any atom is -0.320 e. The molecule has 0 spiro atoms. The van der Waals surface area contributed by atoms with Gasteiger partial charge in [-0.1, -0.05) is 23.8 Å². The fourth-order valence-electron chi connectivity index (χ4n) is 1.01. The third-order valence-electron chi connectivity index (χ3n) is 1.64. The van der Waals surface area contributed by atoms with Crippen molar-refractivity contribution in [2.75, 3.05) is 13.6 Å². The van der Waals surface area contributed by atoms with Gasteiger partial charge in [-0.25, -0.2) is 0 Å². The van der Waals surface area contributed by atoms with Gasteiger partial charge in [0.1, 0.15) is 0 Å². The second-order valence-electron chi connectivity index (χ2n) is 2.86. The molecule has 0 heterocycles. The Balaban J connectivity index is 0. The quantitative estimate of drug-likeness (QED) is 0.402. The van der Waals surface area contributed by atoms with Crippen LogP contribution in [0.25, 0.3) is 0 Å². The van der Waals surface area contributed by atoms with Crippen molar-refractivity contribution in [3.8, 4) is 12.3 Å². The molecule has 0 aliphatic rings. The molecule has 0 atom stereocenters. The van der Waals surface area contributed by atoms with Gasteiger partial charge in [-0.05, 0) is 47.2 Å². The zero-order chi connectivity index (χ0) is 11.2. The number of hydrogen-bond acceptors (Lipinski definition) is 1. The van der Waals surface area contributed by atoms with Crippen LogP contribution in [0, 0.1) is 12.3 Å². The van der Waals surface area contributed by atoms with Gasteiger partial charge >= 0.3 is 0 Å². The highest BCUT2D eigenvalue weighted by Gasteiger charge is 1.89. The lowest BCUT2D eigenvalue weighted by Gasteiger charge is -2.00.